The van der Waals surface area contributed by atoms with Gasteiger partial charge in [-0.2, -0.15) is 0 Å². The smallest absolute Gasteiger partial charge is 0.333 e. The van der Waals surface area contributed by atoms with E-state index in [1.54, 1.807) is 20.8 Å². The molecule has 0 heterocycles. The summed E-state index contributed by atoms with van der Waals surface area (Å²) in [7, 11) is 0. The molecule has 0 unspecified atom stereocenters. The van der Waals surface area contributed by atoms with Crippen molar-refractivity contribution >= 4 is 17.9 Å². The van der Waals surface area contributed by atoms with Crippen LogP contribution in [0.5, 0.6) is 0 Å². The number of aryl methyl sites for hydroxylation is 1. The summed E-state index contributed by atoms with van der Waals surface area (Å²) in [6.45, 7) is 16.5. The number of carbonyl (C=O) groups is 3. The number of ether oxygens (including phenoxy) is 3. The SMILES string of the molecule is C=C(C)C(=O)OCCCc1ccc(-c2cc(-c3ccc(COC(=O)C(=C)C)cc3)ccc2-c2ccc(COC(=O)C(=C)C)cc2)cc1. The third kappa shape index (κ3) is 9.75. The van der Waals surface area contributed by atoms with Crippen molar-refractivity contribution < 1.29 is 28.6 Å². The number of carbonyl (C=O) groups excluding carboxylic acids is 3. The highest BCUT2D eigenvalue weighted by molar-refractivity contribution is 5.89. The first-order valence-corrected chi connectivity index (χ1v) is 15.4. The van der Waals surface area contributed by atoms with Crippen molar-refractivity contribution in [2.75, 3.05) is 6.61 Å². The molecule has 0 radical (unpaired) electrons. The fourth-order valence-electron chi connectivity index (χ4n) is 4.75. The second-order valence-electron chi connectivity index (χ2n) is 11.6. The Balaban J connectivity index is 1.59. The third-order valence-corrected chi connectivity index (χ3v) is 7.46. The largest absolute Gasteiger partial charge is 0.462 e. The Labute approximate surface area is 277 Å². The normalized spacial score (nSPS) is 10.5. The van der Waals surface area contributed by atoms with Crippen molar-refractivity contribution in [2.45, 2.75) is 46.8 Å². The summed E-state index contributed by atoms with van der Waals surface area (Å²) in [5.41, 5.74) is 10.3. The summed E-state index contributed by atoms with van der Waals surface area (Å²) < 4.78 is 15.8. The van der Waals surface area contributed by atoms with Gasteiger partial charge in [-0.05, 0) is 89.8 Å². The molecule has 0 aliphatic rings. The van der Waals surface area contributed by atoms with Crippen LogP contribution in [0.2, 0.25) is 0 Å². The van der Waals surface area contributed by atoms with Crippen molar-refractivity contribution in [3.8, 4) is 33.4 Å². The minimum absolute atomic E-state index is 0.175. The number of hydrogen-bond donors (Lipinski definition) is 0. The van der Waals surface area contributed by atoms with Crippen LogP contribution in [-0.2, 0) is 48.2 Å². The molecule has 0 aromatic heterocycles. The first-order valence-electron chi connectivity index (χ1n) is 15.4. The molecule has 0 saturated heterocycles. The Morgan fingerprint density at radius 2 is 0.894 bits per heavy atom. The predicted molar refractivity (Wildman–Crippen MR) is 186 cm³/mol. The lowest BCUT2D eigenvalue weighted by molar-refractivity contribution is -0.141. The fourth-order valence-corrected chi connectivity index (χ4v) is 4.75. The maximum Gasteiger partial charge on any atom is 0.333 e. The van der Waals surface area contributed by atoms with E-state index in [1.165, 1.54) is 0 Å². The van der Waals surface area contributed by atoms with Crippen molar-refractivity contribution in [2.24, 2.45) is 0 Å². The molecular weight excluding hydrogens is 588 g/mol. The van der Waals surface area contributed by atoms with Crippen LogP contribution in [0.4, 0.5) is 0 Å². The average Bonchev–Trinajstić information content (AvgIpc) is 3.08. The molecule has 4 aromatic carbocycles. The van der Waals surface area contributed by atoms with Crippen LogP contribution in [0.1, 0.15) is 43.9 Å². The van der Waals surface area contributed by atoms with E-state index in [2.05, 4.69) is 62.2 Å². The number of esters is 3. The van der Waals surface area contributed by atoms with Gasteiger partial charge in [-0.15, -0.1) is 0 Å². The fraction of sp³-hybridized carbons (Fsp3) is 0.195. The molecule has 0 aliphatic heterocycles. The number of benzene rings is 4. The van der Waals surface area contributed by atoms with Gasteiger partial charge in [-0.25, -0.2) is 14.4 Å². The van der Waals surface area contributed by atoms with Gasteiger partial charge in [0, 0.05) is 16.7 Å². The molecule has 0 bridgehead atoms. The molecule has 4 rings (SSSR count). The molecule has 0 fully saturated rings. The van der Waals surface area contributed by atoms with Crippen molar-refractivity contribution in [3.05, 3.63) is 144 Å². The maximum absolute atomic E-state index is 11.8. The molecule has 0 N–H and O–H groups in total. The van der Waals surface area contributed by atoms with Gasteiger partial charge >= 0.3 is 17.9 Å². The molecule has 47 heavy (non-hydrogen) atoms. The van der Waals surface area contributed by atoms with Crippen molar-refractivity contribution in [1.82, 2.24) is 0 Å². The summed E-state index contributed by atoms with van der Waals surface area (Å²) in [6, 6.07) is 30.8. The first-order chi connectivity index (χ1) is 22.5. The summed E-state index contributed by atoms with van der Waals surface area (Å²) >= 11 is 0. The lowest BCUT2D eigenvalue weighted by Gasteiger charge is -2.15. The molecule has 0 atom stereocenters. The zero-order valence-corrected chi connectivity index (χ0v) is 27.3. The van der Waals surface area contributed by atoms with Gasteiger partial charge in [0.2, 0.25) is 0 Å². The van der Waals surface area contributed by atoms with Crippen LogP contribution >= 0.6 is 0 Å². The van der Waals surface area contributed by atoms with Gasteiger partial charge in [0.15, 0.2) is 0 Å². The highest BCUT2D eigenvalue weighted by atomic mass is 16.5. The van der Waals surface area contributed by atoms with E-state index in [1.807, 2.05) is 48.5 Å². The molecule has 6 nitrogen and oxygen atoms in total. The Hall–Kier alpha value is -5.49. The Bertz CT molecular complexity index is 1780. The van der Waals surface area contributed by atoms with Crippen LogP contribution in [0.15, 0.2) is 127 Å². The second-order valence-corrected chi connectivity index (χ2v) is 11.6. The minimum Gasteiger partial charge on any atom is -0.462 e. The number of rotatable bonds is 14. The van der Waals surface area contributed by atoms with Crippen LogP contribution in [0.25, 0.3) is 33.4 Å². The zero-order chi connectivity index (χ0) is 33.9. The molecule has 4 aromatic rings. The van der Waals surface area contributed by atoms with Crippen LogP contribution < -0.4 is 0 Å². The van der Waals surface area contributed by atoms with Gasteiger partial charge < -0.3 is 14.2 Å². The van der Waals surface area contributed by atoms with Gasteiger partial charge in [0.25, 0.3) is 0 Å². The van der Waals surface area contributed by atoms with Crippen molar-refractivity contribution in [3.63, 3.8) is 0 Å². The van der Waals surface area contributed by atoms with E-state index in [0.29, 0.717) is 23.3 Å². The van der Waals surface area contributed by atoms with E-state index < -0.39 is 11.9 Å². The van der Waals surface area contributed by atoms with Crippen LogP contribution in [0, 0.1) is 0 Å². The Kier molecular flexibility index (Phi) is 11.8. The molecule has 0 aliphatic carbocycles. The van der Waals surface area contributed by atoms with Crippen LogP contribution in [0.3, 0.4) is 0 Å². The summed E-state index contributed by atoms with van der Waals surface area (Å²) in [6.07, 6.45) is 1.50. The topological polar surface area (TPSA) is 78.9 Å². The van der Waals surface area contributed by atoms with E-state index in [9.17, 15) is 14.4 Å². The maximum atomic E-state index is 11.8. The lowest BCUT2D eigenvalue weighted by Crippen LogP contribution is -2.06. The minimum atomic E-state index is -0.413. The molecule has 0 spiro atoms. The molecule has 6 heteroatoms. The van der Waals surface area contributed by atoms with E-state index in [-0.39, 0.29) is 19.2 Å². The quantitative estimate of drug-likeness (QED) is 0.0600. The van der Waals surface area contributed by atoms with E-state index >= 15 is 0 Å². The molecule has 0 saturated carbocycles. The Morgan fingerprint density at radius 1 is 0.489 bits per heavy atom. The highest BCUT2D eigenvalue weighted by Gasteiger charge is 2.12. The summed E-state index contributed by atoms with van der Waals surface area (Å²) in [5.74, 6) is -1.19. The van der Waals surface area contributed by atoms with Crippen molar-refractivity contribution in [1.29, 1.82) is 0 Å². The van der Waals surface area contributed by atoms with Gasteiger partial charge in [0.1, 0.15) is 13.2 Å². The van der Waals surface area contributed by atoms with E-state index in [4.69, 9.17) is 14.2 Å². The second kappa shape index (κ2) is 16.2. The Morgan fingerprint density at radius 3 is 1.38 bits per heavy atom. The van der Waals surface area contributed by atoms with Gasteiger partial charge in [-0.1, -0.05) is 105 Å². The monoisotopic (exact) mass is 628 g/mol. The molecule has 240 valence electrons. The van der Waals surface area contributed by atoms with Gasteiger partial charge in [-0.3, -0.25) is 0 Å². The van der Waals surface area contributed by atoms with Crippen LogP contribution in [-0.4, -0.2) is 24.5 Å². The summed E-state index contributed by atoms with van der Waals surface area (Å²) in [4.78, 5) is 35.3. The van der Waals surface area contributed by atoms with Gasteiger partial charge in [0.05, 0.1) is 6.61 Å². The standard InChI is InChI=1S/C41H40O6/c1-27(2)39(42)45-23-7-8-30-9-17-35(18-10-30)38-24-36(33-15-11-31(12-16-33)25-46-40(43)28(3)4)21-22-37(38)34-19-13-32(14-20-34)26-47-41(44)29(5)6/h9-22,24H,1,3,5,7-8,23,25-26H2,2,4,6H3. The molecular formula is C41H40O6. The lowest BCUT2D eigenvalue weighted by atomic mass is 9.90. The summed E-state index contributed by atoms with van der Waals surface area (Å²) in [5, 5.41) is 0. The zero-order valence-electron chi connectivity index (χ0n) is 27.3. The predicted octanol–water partition coefficient (Wildman–Crippen LogP) is 8.98. The first kappa shape index (κ1) is 34.4. The highest BCUT2D eigenvalue weighted by Crippen LogP contribution is 2.36. The average molecular weight is 629 g/mol. The molecule has 0 amide bonds. The number of hydrogen-bond acceptors (Lipinski definition) is 6. The van der Waals surface area contributed by atoms with E-state index in [0.717, 1.165) is 62.9 Å². The third-order valence-electron chi connectivity index (χ3n) is 7.46.